The number of hydrogen-bond donors (Lipinski definition) is 1. The number of carbonyl (C=O) groups excluding carboxylic acids is 2. The molecule has 1 aliphatic heterocycles. The van der Waals surface area contributed by atoms with E-state index < -0.39 is 17.5 Å². The Morgan fingerprint density at radius 1 is 1.15 bits per heavy atom. The molecule has 3 fully saturated rings. The highest BCUT2D eigenvalue weighted by atomic mass is 35.5. The van der Waals surface area contributed by atoms with Gasteiger partial charge in [-0.2, -0.15) is 0 Å². The Bertz CT molecular complexity index is 1350. The Kier molecular flexibility index (Phi) is 8.03. The number of fused-ring (bicyclic) bond motifs is 5. The van der Waals surface area contributed by atoms with E-state index in [1.165, 1.54) is 7.11 Å². The number of rotatable bonds is 6. The molecule has 0 aromatic heterocycles. The number of benzene rings is 2. The second-order valence-corrected chi connectivity index (χ2v) is 12.8. The fourth-order valence-electron chi connectivity index (χ4n) is 6.62. The zero-order valence-electron chi connectivity index (χ0n) is 23.6. The Balaban J connectivity index is 1.60. The molecule has 1 unspecified atom stereocenters. The summed E-state index contributed by atoms with van der Waals surface area (Å²) in [6.07, 6.45) is 4.69. The molecule has 6 rings (SSSR count). The summed E-state index contributed by atoms with van der Waals surface area (Å²) in [6.45, 7) is 7.45. The molecule has 2 aromatic rings. The van der Waals surface area contributed by atoms with Crippen LogP contribution < -0.4 is 14.2 Å². The maximum atomic E-state index is 13.8. The van der Waals surface area contributed by atoms with E-state index in [9.17, 15) is 14.7 Å². The van der Waals surface area contributed by atoms with Gasteiger partial charge in [-0.1, -0.05) is 49.9 Å². The van der Waals surface area contributed by atoms with Gasteiger partial charge in [0.15, 0.2) is 11.5 Å². The minimum Gasteiger partial charge on any atom is -0.495 e. The van der Waals surface area contributed by atoms with Crippen molar-refractivity contribution >= 4 is 35.1 Å². The maximum absolute atomic E-state index is 13.8. The first-order valence-electron chi connectivity index (χ1n) is 13.9. The summed E-state index contributed by atoms with van der Waals surface area (Å²) >= 11 is 13.4. The van der Waals surface area contributed by atoms with Crippen LogP contribution in [0.5, 0.6) is 23.0 Å². The average molecular weight is 592 g/mol. The second kappa shape index (κ2) is 11.1. The summed E-state index contributed by atoms with van der Waals surface area (Å²) in [6, 6.07) is 3.23. The van der Waals surface area contributed by atoms with Gasteiger partial charge in [0.25, 0.3) is 0 Å². The minimum absolute atomic E-state index is 0.0232. The molecule has 4 aliphatic rings. The summed E-state index contributed by atoms with van der Waals surface area (Å²) < 4.78 is 23.7. The summed E-state index contributed by atoms with van der Waals surface area (Å²) in [5.41, 5.74) is 0.689. The van der Waals surface area contributed by atoms with Crippen LogP contribution in [0, 0.1) is 30.1 Å². The van der Waals surface area contributed by atoms with E-state index in [2.05, 4.69) is 0 Å². The van der Waals surface area contributed by atoms with E-state index in [1.807, 2.05) is 20.8 Å². The highest BCUT2D eigenvalue weighted by molar-refractivity contribution is 6.38. The number of esters is 2. The molecule has 0 amide bonds. The van der Waals surface area contributed by atoms with Crippen LogP contribution in [-0.4, -0.2) is 24.2 Å². The molecular formula is C31H36Cl2O7. The Morgan fingerprint density at radius 3 is 2.45 bits per heavy atom. The van der Waals surface area contributed by atoms with Crippen molar-refractivity contribution in [2.45, 2.75) is 78.9 Å². The monoisotopic (exact) mass is 590 g/mol. The van der Waals surface area contributed by atoms with Crippen LogP contribution in [0.25, 0.3) is 0 Å². The van der Waals surface area contributed by atoms with Crippen molar-refractivity contribution in [1.29, 1.82) is 0 Å². The van der Waals surface area contributed by atoms with Crippen LogP contribution in [0.3, 0.4) is 0 Å². The fraction of sp³-hybridized carbons (Fsp3) is 0.548. The van der Waals surface area contributed by atoms with Crippen molar-refractivity contribution < 1.29 is 33.6 Å². The van der Waals surface area contributed by atoms with Crippen molar-refractivity contribution in [3.63, 3.8) is 0 Å². The lowest BCUT2D eigenvalue weighted by Crippen LogP contribution is -2.47. The average Bonchev–Trinajstić information content (AvgIpc) is 2.92. The zero-order valence-corrected chi connectivity index (χ0v) is 25.1. The molecule has 3 aliphatic carbocycles. The fourth-order valence-corrected chi connectivity index (χ4v) is 7.12. The van der Waals surface area contributed by atoms with Gasteiger partial charge in [0.1, 0.15) is 23.7 Å². The van der Waals surface area contributed by atoms with Crippen molar-refractivity contribution in [3.05, 3.63) is 44.4 Å². The SMILES string of the molecule is COc1c([C@@H](O)CC(C)C)ccc2c1C(=O)OCc1c(Cl)c(C)c(Cl)c(OC(=O)C3(C)CC4CCC3CC4)c1O2. The molecule has 2 aromatic carbocycles. The van der Waals surface area contributed by atoms with Gasteiger partial charge in [0, 0.05) is 5.56 Å². The molecule has 0 spiro atoms. The molecule has 2 bridgehead atoms. The van der Waals surface area contributed by atoms with Gasteiger partial charge in [-0.25, -0.2) is 4.79 Å². The van der Waals surface area contributed by atoms with Crippen LogP contribution in [-0.2, 0) is 16.1 Å². The van der Waals surface area contributed by atoms with Gasteiger partial charge >= 0.3 is 11.9 Å². The Labute approximate surface area is 245 Å². The molecule has 40 heavy (non-hydrogen) atoms. The number of ether oxygens (including phenoxy) is 4. The van der Waals surface area contributed by atoms with Gasteiger partial charge < -0.3 is 24.1 Å². The standard InChI is InChI=1S/C31H36Cl2O7/c1-15(2)12-21(34)19-10-11-22-23(26(19)37-5)29(35)38-14-20-24(32)16(3)25(33)28(27(20)39-22)40-30(36)31(4)13-17-6-8-18(31)9-7-17/h10-11,15,17-18,21,34H,6-9,12-14H2,1-5H3/t17?,18?,21-,31?/m0/s1. The van der Waals surface area contributed by atoms with E-state index in [0.717, 1.165) is 32.1 Å². The topological polar surface area (TPSA) is 91.3 Å². The van der Waals surface area contributed by atoms with Crippen molar-refractivity contribution in [2.75, 3.05) is 7.11 Å². The Hall–Kier alpha value is -2.48. The normalized spacial score (nSPS) is 24.3. The van der Waals surface area contributed by atoms with Crippen LogP contribution in [0.15, 0.2) is 12.1 Å². The molecule has 7 nitrogen and oxygen atoms in total. The molecule has 9 heteroatoms. The van der Waals surface area contributed by atoms with Gasteiger partial charge in [-0.15, -0.1) is 0 Å². The first kappa shape index (κ1) is 29.0. The van der Waals surface area contributed by atoms with Crippen molar-refractivity contribution in [2.24, 2.45) is 23.2 Å². The molecule has 3 saturated carbocycles. The van der Waals surface area contributed by atoms with Crippen molar-refractivity contribution in [3.8, 4) is 23.0 Å². The Morgan fingerprint density at radius 2 is 1.85 bits per heavy atom. The number of methoxy groups -OCH3 is 1. The molecule has 0 radical (unpaired) electrons. The second-order valence-electron chi connectivity index (χ2n) is 12.0. The summed E-state index contributed by atoms with van der Waals surface area (Å²) in [7, 11) is 1.42. The van der Waals surface area contributed by atoms with E-state index in [4.69, 9.17) is 42.1 Å². The maximum Gasteiger partial charge on any atom is 0.346 e. The summed E-state index contributed by atoms with van der Waals surface area (Å²) in [5.74, 6) is 0.379. The number of aliphatic hydroxyl groups excluding tert-OH is 1. The van der Waals surface area contributed by atoms with E-state index >= 15 is 0 Å². The third-order valence-electron chi connectivity index (χ3n) is 8.90. The van der Waals surface area contributed by atoms with E-state index in [0.29, 0.717) is 29.0 Å². The number of aliphatic hydroxyl groups is 1. The van der Waals surface area contributed by atoms with Gasteiger partial charge in [-0.3, -0.25) is 4.79 Å². The number of hydrogen-bond acceptors (Lipinski definition) is 7. The largest absolute Gasteiger partial charge is 0.495 e. The van der Waals surface area contributed by atoms with Crippen LogP contribution in [0.4, 0.5) is 0 Å². The molecule has 0 saturated heterocycles. The van der Waals surface area contributed by atoms with Crippen LogP contribution >= 0.6 is 23.2 Å². The lowest BCUT2D eigenvalue weighted by Gasteiger charge is -2.48. The van der Waals surface area contributed by atoms with Crippen LogP contribution in [0.2, 0.25) is 10.0 Å². The highest BCUT2D eigenvalue weighted by Gasteiger charge is 2.50. The van der Waals surface area contributed by atoms with Crippen LogP contribution in [0.1, 0.15) is 92.4 Å². The number of cyclic esters (lactones) is 1. The summed E-state index contributed by atoms with van der Waals surface area (Å²) in [4.78, 5) is 27.0. The van der Waals surface area contributed by atoms with Crippen molar-refractivity contribution in [1.82, 2.24) is 0 Å². The zero-order chi connectivity index (χ0) is 28.9. The lowest BCUT2D eigenvalue weighted by molar-refractivity contribution is -0.155. The third kappa shape index (κ3) is 4.94. The number of halogens is 2. The predicted octanol–water partition coefficient (Wildman–Crippen LogP) is 7.97. The third-order valence-corrected chi connectivity index (χ3v) is 9.86. The molecule has 1 N–H and O–H groups in total. The van der Waals surface area contributed by atoms with E-state index in [-0.39, 0.29) is 63.0 Å². The molecule has 216 valence electrons. The minimum atomic E-state index is -0.861. The van der Waals surface area contributed by atoms with E-state index in [1.54, 1.807) is 19.1 Å². The summed E-state index contributed by atoms with van der Waals surface area (Å²) in [5, 5.41) is 11.3. The van der Waals surface area contributed by atoms with Gasteiger partial charge in [0.2, 0.25) is 0 Å². The highest BCUT2D eigenvalue weighted by Crippen LogP contribution is 2.55. The van der Waals surface area contributed by atoms with Gasteiger partial charge in [0.05, 0.1) is 34.2 Å². The first-order valence-corrected chi connectivity index (χ1v) is 14.7. The number of carbonyl (C=O) groups is 2. The molecular weight excluding hydrogens is 555 g/mol. The smallest absolute Gasteiger partial charge is 0.346 e. The lowest BCUT2D eigenvalue weighted by atomic mass is 9.57. The predicted molar refractivity (Wildman–Crippen MR) is 152 cm³/mol. The van der Waals surface area contributed by atoms with Gasteiger partial charge in [-0.05, 0) is 75.0 Å². The first-order chi connectivity index (χ1) is 19.0. The molecule has 2 atom stereocenters. The quantitative estimate of drug-likeness (QED) is 0.269. The molecule has 1 heterocycles.